The third kappa shape index (κ3) is 2.92. The molecular weight excluding hydrogens is 260 g/mol. The Balaban J connectivity index is 2.08. The van der Waals surface area contributed by atoms with Gasteiger partial charge < -0.3 is 4.74 Å². The number of hydrogen-bond donors (Lipinski definition) is 0. The van der Waals surface area contributed by atoms with Crippen LogP contribution in [0, 0.1) is 21.4 Å². The lowest BCUT2D eigenvalue weighted by molar-refractivity contribution is -0.385. The predicted octanol–water partition coefficient (Wildman–Crippen LogP) is 1.82. The molecule has 0 saturated carbocycles. The lowest BCUT2D eigenvalue weighted by Gasteiger charge is -2.07. The number of aromatic nitrogens is 2. The summed E-state index contributed by atoms with van der Waals surface area (Å²) >= 11 is 0. The van der Waals surface area contributed by atoms with E-state index in [-0.39, 0.29) is 17.0 Å². The first kappa shape index (κ1) is 13.5. The van der Waals surface area contributed by atoms with Gasteiger partial charge >= 0.3 is 5.69 Å². The number of aryl methyl sites for hydroxylation is 1. The zero-order valence-electron chi connectivity index (χ0n) is 10.8. The first-order chi connectivity index (χ1) is 9.61. The quantitative estimate of drug-likeness (QED) is 0.611. The monoisotopic (exact) mass is 272 g/mol. The van der Waals surface area contributed by atoms with E-state index in [2.05, 4.69) is 5.10 Å². The Bertz CT molecular complexity index is 672. The summed E-state index contributed by atoms with van der Waals surface area (Å²) in [6.45, 7) is 0.298. The molecule has 0 aliphatic rings. The average molecular weight is 272 g/mol. The molecule has 20 heavy (non-hydrogen) atoms. The lowest BCUT2D eigenvalue weighted by Crippen LogP contribution is -2.07. The van der Waals surface area contributed by atoms with E-state index in [1.54, 1.807) is 10.9 Å². The van der Waals surface area contributed by atoms with Gasteiger partial charge in [-0.15, -0.1) is 0 Å². The molecule has 0 atom stereocenters. The van der Waals surface area contributed by atoms with Crippen molar-refractivity contribution in [3.8, 4) is 11.8 Å². The number of ether oxygens (including phenoxy) is 1. The van der Waals surface area contributed by atoms with Gasteiger partial charge in [0.2, 0.25) is 0 Å². The first-order valence-corrected chi connectivity index (χ1v) is 5.90. The molecule has 0 radical (unpaired) electrons. The molecule has 1 heterocycles. The Hall–Kier alpha value is -2.88. The van der Waals surface area contributed by atoms with E-state index in [0.717, 1.165) is 5.69 Å². The van der Waals surface area contributed by atoms with Crippen LogP contribution in [0.25, 0.3) is 0 Å². The predicted molar refractivity (Wildman–Crippen MR) is 70.2 cm³/mol. The van der Waals surface area contributed by atoms with Crippen LogP contribution in [0.5, 0.6) is 5.75 Å². The van der Waals surface area contributed by atoms with Gasteiger partial charge in [-0.05, 0) is 18.2 Å². The van der Waals surface area contributed by atoms with Crippen LogP contribution in [-0.4, -0.2) is 21.3 Å². The highest BCUT2D eigenvalue weighted by Gasteiger charge is 2.16. The number of nitriles is 1. The second-order valence-corrected chi connectivity index (χ2v) is 4.10. The largest absolute Gasteiger partial charge is 0.486 e. The second kappa shape index (κ2) is 5.84. The Morgan fingerprint density at radius 2 is 2.30 bits per heavy atom. The van der Waals surface area contributed by atoms with Crippen molar-refractivity contribution in [1.29, 1.82) is 5.26 Å². The van der Waals surface area contributed by atoms with Crippen LogP contribution >= 0.6 is 0 Å². The zero-order chi connectivity index (χ0) is 14.5. The Kier molecular flexibility index (Phi) is 3.96. The minimum atomic E-state index is -0.555. The molecule has 0 fully saturated rings. The van der Waals surface area contributed by atoms with Crippen molar-refractivity contribution in [3.05, 3.63) is 51.8 Å². The lowest BCUT2D eigenvalue weighted by atomic mass is 10.2. The third-order valence-electron chi connectivity index (χ3n) is 2.82. The third-order valence-corrected chi connectivity index (χ3v) is 2.82. The molecule has 102 valence electrons. The Morgan fingerprint density at radius 1 is 1.50 bits per heavy atom. The fourth-order valence-electron chi connectivity index (χ4n) is 1.76. The molecule has 0 unspecified atom stereocenters. The van der Waals surface area contributed by atoms with E-state index < -0.39 is 4.92 Å². The van der Waals surface area contributed by atoms with E-state index in [9.17, 15) is 10.1 Å². The highest BCUT2D eigenvalue weighted by atomic mass is 16.6. The van der Waals surface area contributed by atoms with Gasteiger partial charge in [-0.1, -0.05) is 0 Å². The minimum absolute atomic E-state index is 0.163. The summed E-state index contributed by atoms with van der Waals surface area (Å²) < 4.78 is 7.15. The summed E-state index contributed by atoms with van der Waals surface area (Å²) in [6.07, 6.45) is 2.27. The van der Waals surface area contributed by atoms with Gasteiger partial charge in [0.05, 0.1) is 23.2 Å². The fraction of sp³-hybridized carbons (Fsp3) is 0.231. The maximum Gasteiger partial charge on any atom is 0.312 e. The molecule has 1 aromatic heterocycles. The number of nitrogens with zero attached hydrogens (tertiary/aromatic N) is 4. The summed E-state index contributed by atoms with van der Waals surface area (Å²) in [7, 11) is 1.82. The molecule has 2 aromatic rings. The number of benzene rings is 1. The molecule has 7 nitrogen and oxygen atoms in total. The highest BCUT2D eigenvalue weighted by molar-refractivity contribution is 5.51. The molecule has 0 bridgehead atoms. The maximum atomic E-state index is 10.9. The van der Waals surface area contributed by atoms with Crippen molar-refractivity contribution in [2.75, 3.05) is 6.61 Å². The van der Waals surface area contributed by atoms with Gasteiger partial charge in [-0.2, -0.15) is 10.4 Å². The summed E-state index contributed by atoms with van der Waals surface area (Å²) in [4.78, 5) is 10.4. The van der Waals surface area contributed by atoms with E-state index in [4.69, 9.17) is 10.00 Å². The highest BCUT2D eigenvalue weighted by Crippen LogP contribution is 2.27. The average Bonchev–Trinajstić information content (AvgIpc) is 2.84. The van der Waals surface area contributed by atoms with Crippen molar-refractivity contribution in [2.45, 2.75) is 6.42 Å². The fourth-order valence-corrected chi connectivity index (χ4v) is 1.76. The second-order valence-electron chi connectivity index (χ2n) is 4.10. The zero-order valence-corrected chi connectivity index (χ0v) is 10.8. The molecule has 1 aromatic carbocycles. The molecule has 0 aliphatic heterocycles. The van der Waals surface area contributed by atoms with Crippen molar-refractivity contribution >= 4 is 5.69 Å². The van der Waals surface area contributed by atoms with Crippen LogP contribution in [0.15, 0.2) is 30.5 Å². The molecule has 0 spiro atoms. The number of nitro groups is 1. The van der Waals surface area contributed by atoms with Crippen LogP contribution in [-0.2, 0) is 13.5 Å². The minimum Gasteiger partial charge on any atom is -0.486 e. The Labute approximate surface area is 115 Å². The van der Waals surface area contributed by atoms with Crippen molar-refractivity contribution in [2.24, 2.45) is 7.05 Å². The Morgan fingerprint density at radius 3 is 2.90 bits per heavy atom. The van der Waals surface area contributed by atoms with Gasteiger partial charge in [0.1, 0.15) is 0 Å². The molecule has 7 heteroatoms. The van der Waals surface area contributed by atoms with Crippen molar-refractivity contribution < 1.29 is 9.66 Å². The molecule has 2 rings (SSSR count). The number of hydrogen-bond acceptors (Lipinski definition) is 5. The molecule has 0 aliphatic carbocycles. The summed E-state index contributed by atoms with van der Waals surface area (Å²) in [5, 5.41) is 23.7. The van der Waals surface area contributed by atoms with Gasteiger partial charge in [0.15, 0.2) is 5.75 Å². The van der Waals surface area contributed by atoms with Crippen molar-refractivity contribution in [1.82, 2.24) is 9.78 Å². The van der Waals surface area contributed by atoms with E-state index in [1.807, 2.05) is 19.2 Å². The molecule has 0 amide bonds. The van der Waals surface area contributed by atoms with Gasteiger partial charge in [-0.25, -0.2) is 0 Å². The summed E-state index contributed by atoms with van der Waals surface area (Å²) in [5.74, 6) is 0.163. The summed E-state index contributed by atoms with van der Waals surface area (Å²) in [5.41, 5.74) is 1.01. The SMILES string of the molecule is Cn1nccc1CCOc1ccc(C#N)cc1[N+](=O)[O-]. The smallest absolute Gasteiger partial charge is 0.312 e. The number of nitro benzene ring substituents is 1. The van der Waals surface area contributed by atoms with E-state index in [1.165, 1.54) is 18.2 Å². The van der Waals surface area contributed by atoms with Gasteiger partial charge in [0, 0.05) is 31.4 Å². The van der Waals surface area contributed by atoms with Crippen LogP contribution in [0.3, 0.4) is 0 Å². The van der Waals surface area contributed by atoms with E-state index >= 15 is 0 Å². The standard InChI is InChI=1S/C13H12N4O3/c1-16-11(4-6-15-16)5-7-20-13-3-2-10(9-14)8-12(13)17(18)19/h2-4,6,8H,5,7H2,1H3. The maximum absolute atomic E-state index is 10.9. The topological polar surface area (TPSA) is 94.0 Å². The summed E-state index contributed by atoms with van der Waals surface area (Å²) in [6, 6.07) is 7.87. The van der Waals surface area contributed by atoms with Crippen LogP contribution in [0.1, 0.15) is 11.3 Å². The van der Waals surface area contributed by atoms with Crippen LogP contribution in [0.2, 0.25) is 0 Å². The van der Waals surface area contributed by atoms with Crippen LogP contribution in [0.4, 0.5) is 5.69 Å². The molecule has 0 N–H and O–H groups in total. The normalized spacial score (nSPS) is 10.0. The number of rotatable bonds is 5. The van der Waals surface area contributed by atoms with Crippen molar-refractivity contribution in [3.63, 3.8) is 0 Å². The molecular formula is C13H12N4O3. The first-order valence-electron chi connectivity index (χ1n) is 5.90. The van der Waals surface area contributed by atoms with Gasteiger partial charge in [-0.3, -0.25) is 14.8 Å². The van der Waals surface area contributed by atoms with Crippen LogP contribution < -0.4 is 4.74 Å². The molecule has 0 saturated heterocycles. The van der Waals surface area contributed by atoms with Gasteiger partial charge in [0.25, 0.3) is 0 Å². The van der Waals surface area contributed by atoms with E-state index in [0.29, 0.717) is 13.0 Å².